The quantitative estimate of drug-likeness (QED) is 0.800. The van der Waals surface area contributed by atoms with Crippen LogP contribution in [0.2, 0.25) is 0 Å². The predicted octanol–water partition coefficient (Wildman–Crippen LogP) is 3.17. The average molecular weight is 400 g/mol. The van der Waals surface area contributed by atoms with Gasteiger partial charge in [0.05, 0.1) is 6.20 Å². The molecular formula is C21H25N3O3S. The molecule has 1 unspecified atom stereocenters. The van der Waals surface area contributed by atoms with Gasteiger partial charge in [-0.1, -0.05) is 0 Å². The number of thioether (sulfide) groups is 1. The zero-order valence-electron chi connectivity index (χ0n) is 15.9. The van der Waals surface area contributed by atoms with Gasteiger partial charge in [0.1, 0.15) is 13.2 Å². The maximum atomic E-state index is 12.9. The van der Waals surface area contributed by atoms with Gasteiger partial charge in [0, 0.05) is 41.3 Å². The number of hydrogen-bond acceptors (Lipinski definition) is 5. The Morgan fingerprint density at radius 3 is 3.07 bits per heavy atom. The topological polar surface area (TPSA) is 67.5 Å². The van der Waals surface area contributed by atoms with Crippen molar-refractivity contribution in [2.45, 2.75) is 42.4 Å². The molecule has 1 fully saturated rings. The number of nitrogens with one attached hydrogen (secondary N) is 1. The predicted molar refractivity (Wildman–Crippen MR) is 107 cm³/mol. The number of fused-ring (bicyclic) bond motifs is 3. The van der Waals surface area contributed by atoms with E-state index in [-0.39, 0.29) is 11.3 Å². The summed E-state index contributed by atoms with van der Waals surface area (Å²) in [4.78, 5) is 16.0. The highest BCUT2D eigenvalue weighted by Gasteiger charge is 2.44. The first-order valence-corrected chi connectivity index (χ1v) is 11.1. The lowest BCUT2D eigenvalue weighted by Crippen LogP contribution is -2.47. The number of hydrogen-bond donors (Lipinski definition) is 1. The third-order valence-corrected chi connectivity index (χ3v) is 7.14. The largest absolute Gasteiger partial charge is 0.486 e. The Balaban J connectivity index is 1.17. The number of rotatable bonds is 4. The lowest BCUT2D eigenvalue weighted by atomic mass is 9.77. The van der Waals surface area contributed by atoms with Gasteiger partial charge in [0.15, 0.2) is 11.5 Å². The van der Waals surface area contributed by atoms with Crippen molar-refractivity contribution in [1.82, 2.24) is 15.1 Å². The molecule has 1 N–H and O–H groups in total. The Morgan fingerprint density at radius 1 is 1.25 bits per heavy atom. The van der Waals surface area contributed by atoms with Gasteiger partial charge >= 0.3 is 0 Å². The van der Waals surface area contributed by atoms with E-state index >= 15 is 0 Å². The molecular weight excluding hydrogens is 374 g/mol. The van der Waals surface area contributed by atoms with E-state index in [1.54, 1.807) is 11.8 Å². The zero-order chi connectivity index (χ0) is 19.0. The number of carbonyl (C=O) groups is 1. The lowest BCUT2D eigenvalue weighted by molar-refractivity contribution is -0.133. The maximum Gasteiger partial charge on any atom is 0.223 e. The van der Waals surface area contributed by atoms with Gasteiger partial charge in [-0.2, -0.15) is 5.10 Å². The van der Waals surface area contributed by atoms with Crippen LogP contribution in [0.15, 0.2) is 29.3 Å². The van der Waals surface area contributed by atoms with Gasteiger partial charge in [-0.05, 0) is 49.4 Å². The Hall–Kier alpha value is -2.15. The fourth-order valence-corrected chi connectivity index (χ4v) is 5.61. The van der Waals surface area contributed by atoms with E-state index in [2.05, 4.69) is 15.1 Å². The minimum absolute atomic E-state index is 0.0999. The van der Waals surface area contributed by atoms with Crippen LogP contribution in [-0.2, 0) is 16.6 Å². The number of nitrogens with zero attached hydrogens (tertiary/aromatic N) is 2. The van der Waals surface area contributed by atoms with Crippen molar-refractivity contribution < 1.29 is 14.3 Å². The van der Waals surface area contributed by atoms with E-state index in [1.165, 1.54) is 11.3 Å². The van der Waals surface area contributed by atoms with Crippen molar-refractivity contribution in [1.29, 1.82) is 0 Å². The van der Waals surface area contributed by atoms with Crippen molar-refractivity contribution in [3.8, 4) is 11.5 Å². The Morgan fingerprint density at radius 2 is 2.14 bits per heavy atom. The van der Waals surface area contributed by atoms with Gasteiger partial charge in [-0.25, -0.2) is 0 Å². The van der Waals surface area contributed by atoms with Crippen LogP contribution in [0.3, 0.4) is 0 Å². The normalized spacial score (nSPS) is 23.1. The van der Waals surface area contributed by atoms with Crippen LogP contribution in [0.1, 0.15) is 36.9 Å². The Kier molecular flexibility index (Phi) is 4.70. The van der Waals surface area contributed by atoms with Crippen molar-refractivity contribution in [2.24, 2.45) is 0 Å². The second-order valence-electron chi connectivity index (χ2n) is 7.87. The van der Waals surface area contributed by atoms with Gasteiger partial charge in [0.25, 0.3) is 0 Å². The molecule has 0 saturated carbocycles. The Labute approximate surface area is 169 Å². The molecule has 3 aliphatic rings. The number of piperidine rings is 1. The van der Waals surface area contributed by atoms with E-state index in [0.29, 0.717) is 19.6 Å². The summed E-state index contributed by atoms with van der Waals surface area (Å²) < 4.78 is 11.2. The second kappa shape index (κ2) is 7.35. The summed E-state index contributed by atoms with van der Waals surface area (Å²) >= 11 is 1.70. The number of amides is 1. The highest BCUT2D eigenvalue weighted by molar-refractivity contribution is 7.99. The third kappa shape index (κ3) is 3.26. The van der Waals surface area contributed by atoms with Crippen molar-refractivity contribution in [3.63, 3.8) is 0 Å². The van der Waals surface area contributed by atoms with Crippen LogP contribution in [-0.4, -0.2) is 53.1 Å². The summed E-state index contributed by atoms with van der Waals surface area (Å²) in [6.45, 7) is 2.90. The summed E-state index contributed by atoms with van der Waals surface area (Å²) in [5.74, 6) is 2.64. The first-order valence-electron chi connectivity index (χ1n) is 10.1. The molecule has 148 valence electrons. The van der Waals surface area contributed by atoms with Crippen LogP contribution >= 0.6 is 11.8 Å². The molecule has 1 saturated heterocycles. The molecule has 2 aliphatic heterocycles. The fourth-order valence-electron chi connectivity index (χ4n) is 4.74. The standard InChI is InChI=1S/C21H25N3O3S/c25-19(5-11-28-16-2-3-17-18(12-16)27-10-9-26-17)24-8-1-6-21(14-24)7-4-15-13-22-23-20(15)21/h2-3,12-13H,1,4-11,14H2,(H,22,23). The smallest absolute Gasteiger partial charge is 0.223 e. The number of likely N-dealkylation sites (tertiary alicyclic amines) is 1. The van der Waals surface area contributed by atoms with Crippen molar-refractivity contribution in [3.05, 3.63) is 35.7 Å². The minimum atomic E-state index is 0.0999. The molecule has 1 aromatic heterocycles. The van der Waals surface area contributed by atoms with Crippen LogP contribution < -0.4 is 9.47 Å². The van der Waals surface area contributed by atoms with E-state index in [1.807, 2.05) is 24.4 Å². The molecule has 1 amide bonds. The second-order valence-corrected chi connectivity index (χ2v) is 9.04. The molecule has 28 heavy (non-hydrogen) atoms. The first-order chi connectivity index (χ1) is 13.7. The summed E-state index contributed by atoms with van der Waals surface area (Å²) in [6.07, 6.45) is 6.94. The number of benzene rings is 1. The average Bonchev–Trinajstić information content (AvgIpc) is 3.33. The summed E-state index contributed by atoms with van der Waals surface area (Å²) in [5, 5.41) is 7.44. The molecule has 1 spiro atoms. The Bertz CT molecular complexity index is 884. The van der Waals surface area contributed by atoms with Crippen LogP contribution in [0, 0.1) is 0 Å². The summed E-state index contributed by atoms with van der Waals surface area (Å²) in [5.41, 5.74) is 2.71. The van der Waals surface area contributed by atoms with Crippen LogP contribution in [0.4, 0.5) is 0 Å². The van der Waals surface area contributed by atoms with Crippen LogP contribution in [0.25, 0.3) is 0 Å². The number of aromatic nitrogens is 2. The highest BCUT2D eigenvalue weighted by Crippen LogP contribution is 2.44. The monoisotopic (exact) mass is 399 g/mol. The van der Waals surface area contributed by atoms with Gasteiger partial charge in [0.2, 0.25) is 5.91 Å². The molecule has 5 rings (SSSR count). The SMILES string of the molecule is O=C(CCSc1ccc2c(c1)OCCO2)N1CCCC2(CCc3cn[nH]c32)C1. The van der Waals surface area contributed by atoms with Gasteiger partial charge in [-0.3, -0.25) is 9.89 Å². The molecule has 0 radical (unpaired) electrons. The number of aromatic amines is 1. The van der Waals surface area contributed by atoms with E-state index in [4.69, 9.17) is 9.47 Å². The van der Waals surface area contributed by atoms with E-state index in [9.17, 15) is 4.79 Å². The molecule has 3 heterocycles. The summed E-state index contributed by atoms with van der Waals surface area (Å²) in [7, 11) is 0. The fraction of sp³-hybridized carbons (Fsp3) is 0.524. The maximum absolute atomic E-state index is 12.9. The first kappa shape index (κ1) is 17.9. The molecule has 7 heteroatoms. The minimum Gasteiger partial charge on any atom is -0.486 e. The summed E-state index contributed by atoms with van der Waals surface area (Å²) in [6, 6.07) is 6.00. The van der Waals surface area contributed by atoms with Crippen molar-refractivity contribution >= 4 is 17.7 Å². The third-order valence-electron chi connectivity index (χ3n) is 6.15. The van der Waals surface area contributed by atoms with Crippen LogP contribution in [0.5, 0.6) is 11.5 Å². The van der Waals surface area contributed by atoms with E-state index < -0.39 is 0 Å². The molecule has 1 aliphatic carbocycles. The molecule has 0 bridgehead atoms. The number of aryl methyl sites for hydroxylation is 1. The number of H-pyrrole nitrogens is 1. The molecule has 2 aromatic rings. The van der Waals surface area contributed by atoms with Gasteiger partial charge in [-0.15, -0.1) is 11.8 Å². The van der Waals surface area contributed by atoms with Crippen molar-refractivity contribution in [2.75, 3.05) is 32.1 Å². The number of carbonyl (C=O) groups excluding carboxylic acids is 1. The molecule has 6 nitrogen and oxygen atoms in total. The number of ether oxygens (including phenoxy) is 2. The lowest BCUT2D eigenvalue weighted by Gasteiger charge is -2.40. The van der Waals surface area contributed by atoms with Gasteiger partial charge < -0.3 is 14.4 Å². The molecule has 1 aromatic carbocycles. The highest BCUT2D eigenvalue weighted by atomic mass is 32.2. The molecule has 1 atom stereocenters. The van der Waals surface area contributed by atoms with E-state index in [0.717, 1.165) is 60.9 Å². The zero-order valence-corrected chi connectivity index (χ0v) is 16.7.